The lowest BCUT2D eigenvalue weighted by molar-refractivity contribution is -0.121. The molecule has 0 fully saturated rings. The molecule has 0 aliphatic heterocycles. The molecule has 33 heavy (non-hydrogen) atoms. The second-order valence-electron chi connectivity index (χ2n) is 7.83. The monoisotopic (exact) mass is 448 g/mol. The van der Waals surface area contributed by atoms with Gasteiger partial charge in [0.15, 0.2) is 0 Å². The molecule has 0 aliphatic carbocycles. The summed E-state index contributed by atoms with van der Waals surface area (Å²) in [7, 11) is 3.46. The van der Waals surface area contributed by atoms with Crippen LogP contribution in [0.5, 0.6) is 5.75 Å². The van der Waals surface area contributed by atoms with Gasteiger partial charge in [0.2, 0.25) is 5.91 Å². The molecular formula is C25H25FN4O3. The Balaban J connectivity index is 1.56. The summed E-state index contributed by atoms with van der Waals surface area (Å²) in [6.07, 6.45) is 0.367. The first kappa shape index (κ1) is 22.3. The summed E-state index contributed by atoms with van der Waals surface area (Å²) in [5.74, 6) is 0.0883. The van der Waals surface area contributed by atoms with Gasteiger partial charge in [0.05, 0.1) is 12.8 Å². The van der Waals surface area contributed by atoms with Crippen LogP contribution in [0.3, 0.4) is 0 Å². The van der Waals surface area contributed by atoms with E-state index in [9.17, 15) is 14.0 Å². The molecule has 1 N–H and O–H groups in total. The summed E-state index contributed by atoms with van der Waals surface area (Å²) in [5.41, 5.74) is 3.60. The van der Waals surface area contributed by atoms with E-state index >= 15 is 0 Å². The zero-order valence-electron chi connectivity index (χ0n) is 18.8. The van der Waals surface area contributed by atoms with E-state index in [4.69, 9.17) is 4.74 Å². The summed E-state index contributed by atoms with van der Waals surface area (Å²) in [5, 5.41) is 7.23. The second kappa shape index (κ2) is 9.28. The Morgan fingerprint density at radius 1 is 1.15 bits per heavy atom. The van der Waals surface area contributed by atoms with Gasteiger partial charge in [-0.15, -0.1) is 0 Å². The highest BCUT2D eigenvalue weighted by Gasteiger charge is 2.17. The van der Waals surface area contributed by atoms with Crippen LogP contribution in [0.4, 0.5) is 4.39 Å². The minimum absolute atomic E-state index is 0.102. The van der Waals surface area contributed by atoms with Crippen LogP contribution in [0.2, 0.25) is 0 Å². The van der Waals surface area contributed by atoms with Crippen molar-refractivity contribution in [2.75, 3.05) is 7.11 Å². The van der Waals surface area contributed by atoms with Crippen molar-refractivity contribution < 1.29 is 13.9 Å². The van der Waals surface area contributed by atoms with Gasteiger partial charge in [-0.3, -0.25) is 9.59 Å². The number of carbonyl (C=O) groups is 1. The van der Waals surface area contributed by atoms with E-state index in [1.54, 1.807) is 25.3 Å². The third-order valence-corrected chi connectivity index (χ3v) is 5.83. The maximum Gasteiger partial charge on any atom is 0.277 e. The number of hydrogen-bond donors (Lipinski definition) is 1. The summed E-state index contributed by atoms with van der Waals surface area (Å²) in [6.45, 7) is 1.96. The van der Waals surface area contributed by atoms with Crippen molar-refractivity contribution in [3.05, 3.63) is 87.6 Å². The van der Waals surface area contributed by atoms with Crippen LogP contribution < -0.4 is 15.6 Å². The van der Waals surface area contributed by atoms with Crippen LogP contribution in [-0.4, -0.2) is 27.2 Å². The number of hydrogen-bond acceptors (Lipinski definition) is 4. The Morgan fingerprint density at radius 3 is 2.70 bits per heavy atom. The zero-order chi connectivity index (χ0) is 23.5. The predicted molar refractivity (Wildman–Crippen MR) is 124 cm³/mol. The van der Waals surface area contributed by atoms with Gasteiger partial charge < -0.3 is 14.6 Å². The quantitative estimate of drug-likeness (QED) is 0.470. The third-order valence-electron chi connectivity index (χ3n) is 5.83. The van der Waals surface area contributed by atoms with Crippen LogP contribution in [0.25, 0.3) is 16.9 Å². The Hall–Kier alpha value is -3.94. The van der Waals surface area contributed by atoms with Gasteiger partial charge >= 0.3 is 0 Å². The Kier molecular flexibility index (Phi) is 6.26. The molecule has 0 radical (unpaired) electrons. The summed E-state index contributed by atoms with van der Waals surface area (Å²) in [6, 6.07) is 15.6. The first-order chi connectivity index (χ1) is 15.9. The lowest BCUT2D eigenvalue weighted by atomic mass is 10.1. The molecular weight excluding hydrogens is 423 g/mol. The fourth-order valence-electron chi connectivity index (χ4n) is 3.79. The van der Waals surface area contributed by atoms with Crippen molar-refractivity contribution in [3.8, 4) is 17.0 Å². The highest BCUT2D eigenvalue weighted by atomic mass is 19.1. The average Bonchev–Trinajstić information content (AvgIpc) is 3.28. The van der Waals surface area contributed by atoms with Crippen molar-refractivity contribution in [1.82, 2.24) is 19.5 Å². The zero-order valence-corrected chi connectivity index (χ0v) is 18.8. The van der Waals surface area contributed by atoms with E-state index in [0.29, 0.717) is 28.2 Å². The average molecular weight is 448 g/mol. The molecule has 0 spiro atoms. The first-order valence-electron chi connectivity index (χ1n) is 10.6. The molecule has 2 heterocycles. The molecule has 0 unspecified atom stereocenters. The molecule has 0 saturated heterocycles. The van der Waals surface area contributed by atoms with Gasteiger partial charge in [-0.25, -0.2) is 4.39 Å². The largest absolute Gasteiger partial charge is 0.497 e. The van der Waals surface area contributed by atoms with Gasteiger partial charge in [0, 0.05) is 48.5 Å². The summed E-state index contributed by atoms with van der Waals surface area (Å²) in [4.78, 5) is 25.5. The molecule has 2 aromatic carbocycles. The molecule has 1 amide bonds. The molecule has 0 saturated carbocycles. The first-order valence-corrected chi connectivity index (χ1v) is 10.6. The number of amides is 1. The summed E-state index contributed by atoms with van der Waals surface area (Å²) >= 11 is 0. The van der Waals surface area contributed by atoms with Gasteiger partial charge in [-0.1, -0.05) is 30.3 Å². The molecule has 0 bridgehead atoms. The van der Waals surface area contributed by atoms with Gasteiger partial charge in [0.1, 0.15) is 17.2 Å². The Bertz CT molecular complexity index is 1390. The maximum absolute atomic E-state index is 13.7. The van der Waals surface area contributed by atoms with Crippen molar-refractivity contribution in [3.63, 3.8) is 0 Å². The number of benzene rings is 2. The second-order valence-corrected chi connectivity index (χ2v) is 7.83. The molecule has 0 aliphatic rings. The lowest BCUT2D eigenvalue weighted by Gasteiger charge is -2.12. The highest BCUT2D eigenvalue weighted by Crippen LogP contribution is 2.24. The molecule has 7 nitrogen and oxygen atoms in total. The lowest BCUT2D eigenvalue weighted by Crippen LogP contribution is -2.28. The number of ether oxygens (including phenoxy) is 1. The van der Waals surface area contributed by atoms with Crippen LogP contribution in [-0.2, 0) is 24.8 Å². The van der Waals surface area contributed by atoms with Crippen LogP contribution in [0, 0.1) is 12.7 Å². The minimum atomic E-state index is -0.363. The van der Waals surface area contributed by atoms with Gasteiger partial charge in [-0.05, 0) is 31.5 Å². The highest BCUT2D eigenvalue weighted by molar-refractivity contribution is 5.76. The van der Waals surface area contributed by atoms with Crippen LogP contribution >= 0.6 is 0 Å². The van der Waals surface area contributed by atoms with E-state index in [0.717, 1.165) is 11.3 Å². The number of aromatic nitrogens is 3. The number of aryl methyl sites for hydroxylation is 1. The van der Waals surface area contributed by atoms with E-state index in [1.165, 1.54) is 10.6 Å². The number of nitrogens with one attached hydrogen (secondary N) is 1. The molecule has 0 atom stereocenters. The smallest absolute Gasteiger partial charge is 0.277 e. The van der Waals surface area contributed by atoms with Crippen LogP contribution in [0.1, 0.15) is 23.2 Å². The SMILES string of the molecule is COc1cccc(-c2cc3n(C)c(C)c(CCC(=O)NCc4ccccc4F)c(=O)n3n2)c1. The maximum atomic E-state index is 13.7. The van der Waals surface area contributed by atoms with E-state index < -0.39 is 0 Å². The Labute approximate surface area is 190 Å². The fourth-order valence-corrected chi connectivity index (χ4v) is 3.79. The number of halogens is 1. The van der Waals surface area contributed by atoms with E-state index in [-0.39, 0.29) is 36.7 Å². The number of nitrogens with zero attached hydrogens (tertiary/aromatic N) is 3. The number of fused-ring (bicyclic) bond motifs is 1. The topological polar surface area (TPSA) is 77.6 Å². The standard InChI is InChI=1S/C25H25FN4O3/c1-16-20(11-12-23(31)27-15-18-7-4-5-10-21(18)26)25(32)30-24(29(16)2)14-22(28-30)17-8-6-9-19(13-17)33-3/h4-10,13-14H,11-12,15H2,1-3H3,(H,27,31). The third kappa shape index (κ3) is 4.50. The molecule has 8 heteroatoms. The number of carbonyl (C=O) groups excluding carboxylic acids is 1. The number of rotatable bonds is 7. The molecule has 170 valence electrons. The summed E-state index contributed by atoms with van der Waals surface area (Å²) < 4.78 is 22.3. The van der Waals surface area contributed by atoms with Crippen molar-refractivity contribution in [2.24, 2.45) is 7.05 Å². The molecule has 4 aromatic rings. The predicted octanol–water partition coefficient (Wildman–Crippen LogP) is 3.41. The minimum Gasteiger partial charge on any atom is -0.497 e. The molecule has 2 aromatic heterocycles. The van der Waals surface area contributed by atoms with Gasteiger partial charge in [0.25, 0.3) is 5.56 Å². The number of methoxy groups -OCH3 is 1. The Morgan fingerprint density at radius 2 is 1.94 bits per heavy atom. The van der Waals surface area contributed by atoms with E-state index in [1.807, 2.05) is 48.9 Å². The van der Waals surface area contributed by atoms with Crippen LogP contribution in [0.15, 0.2) is 59.4 Å². The van der Waals surface area contributed by atoms with E-state index in [2.05, 4.69) is 10.4 Å². The fraction of sp³-hybridized carbons (Fsp3) is 0.240. The molecule has 4 rings (SSSR count). The normalized spacial score (nSPS) is 11.0. The van der Waals surface area contributed by atoms with Crippen molar-refractivity contribution in [2.45, 2.75) is 26.3 Å². The van der Waals surface area contributed by atoms with Crippen molar-refractivity contribution in [1.29, 1.82) is 0 Å². The van der Waals surface area contributed by atoms with Gasteiger partial charge in [-0.2, -0.15) is 9.61 Å². The van der Waals surface area contributed by atoms with Crippen molar-refractivity contribution >= 4 is 11.6 Å².